The first-order chi connectivity index (χ1) is 17.8. The number of hydrogen-bond donors (Lipinski definition) is 2. The minimum absolute atomic E-state index is 0.0221. The lowest BCUT2D eigenvalue weighted by atomic mass is 9.95. The van der Waals surface area contributed by atoms with Gasteiger partial charge in [0.25, 0.3) is 11.7 Å². The largest absolute Gasteiger partial charge is 0.508 e. The van der Waals surface area contributed by atoms with Crippen LogP contribution in [0.1, 0.15) is 31.0 Å². The van der Waals surface area contributed by atoms with Gasteiger partial charge in [0.15, 0.2) is 11.5 Å². The van der Waals surface area contributed by atoms with Gasteiger partial charge >= 0.3 is 0 Å². The Labute approximate surface area is 216 Å². The number of hydrogen-bond acceptors (Lipinski definition) is 7. The predicted molar refractivity (Wildman–Crippen MR) is 142 cm³/mol. The maximum Gasteiger partial charge on any atom is 0.300 e. The number of anilines is 2. The van der Waals surface area contributed by atoms with Crippen molar-refractivity contribution in [2.24, 2.45) is 0 Å². The van der Waals surface area contributed by atoms with Gasteiger partial charge < -0.3 is 24.6 Å². The van der Waals surface area contributed by atoms with Gasteiger partial charge in [-0.2, -0.15) is 0 Å². The summed E-state index contributed by atoms with van der Waals surface area (Å²) in [6, 6.07) is 17.5. The Hall–Kier alpha value is -4.46. The number of ether oxygens (including phenoxy) is 2. The summed E-state index contributed by atoms with van der Waals surface area (Å²) in [7, 11) is 2.96. The highest BCUT2D eigenvalue weighted by Gasteiger charge is 2.47. The number of aliphatic hydroxyl groups is 1. The molecule has 8 nitrogen and oxygen atoms in total. The second-order valence-corrected chi connectivity index (χ2v) is 8.52. The fourth-order valence-corrected chi connectivity index (χ4v) is 4.66. The molecule has 37 heavy (non-hydrogen) atoms. The molecule has 8 heteroatoms. The Morgan fingerprint density at radius 2 is 1.59 bits per heavy atom. The molecule has 0 saturated carbocycles. The van der Waals surface area contributed by atoms with Crippen LogP contribution in [0.25, 0.3) is 5.76 Å². The molecule has 0 spiro atoms. The molecule has 1 aliphatic heterocycles. The number of benzene rings is 3. The van der Waals surface area contributed by atoms with Crippen LogP contribution in [-0.4, -0.2) is 49.2 Å². The Morgan fingerprint density at radius 1 is 0.919 bits per heavy atom. The molecule has 2 N–H and O–H groups in total. The fourth-order valence-electron chi connectivity index (χ4n) is 4.66. The van der Waals surface area contributed by atoms with Crippen molar-refractivity contribution >= 4 is 28.8 Å². The van der Waals surface area contributed by atoms with Crippen LogP contribution in [0.5, 0.6) is 17.2 Å². The van der Waals surface area contributed by atoms with Crippen LogP contribution in [0.4, 0.5) is 11.4 Å². The summed E-state index contributed by atoms with van der Waals surface area (Å²) in [5.74, 6) is -1.15. The molecule has 192 valence electrons. The standard InChI is InChI=1S/C29H30N2O6/c1-5-30(6-2)20-11-13-21(14-12-20)31-26(18-8-7-9-22(32)16-18)25(28(34)29(31)35)27(33)19-10-15-23(36-3)24(17-19)37-4/h7-17,26,32-33H,5-6H2,1-4H3/b27-25-. The van der Waals surface area contributed by atoms with Crippen LogP contribution in [0.15, 0.2) is 72.3 Å². The van der Waals surface area contributed by atoms with E-state index < -0.39 is 17.7 Å². The molecule has 1 saturated heterocycles. The van der Waals surface area contributed by atoms with Gasteiger partial charge in [-0.15, -0.1) is 0 Å². The first-order valence-electron chi connectivity index (χ1n) is 12.0. The van der Waals surface area contributed by atoms with Crippen molar-refractivity contribution in [3.63, 3.8) is 0 Å². The monoisotopic (exact) mass is 502 g/mol. The third-order valence-corrected chi connectivity index (χ3v) is 6.54. The first-order valence-corrected chi connectivity index (χ1v) is 12.0. The molecule has 4 rings (SSSR count). The van der Waals surface area contributed by atoms with Crippen molar-refractivity contribution in [1.29, 1.82) is 0 Å². The second kappa shape index (κ2) is 10.7. The number of carbonyl (C=O) groups is 2. The summed E-state index contributed by atoms with van der Waals surface area (Å²) < 4.78 is 10.6. The topological polar surface area (TPSA) is 99.5 Å². The summed E-state index contributed by atoms with van der Waals surface area (Å²) in [5, 5.41) is 21.5. The normalized spacial score (nSPS) is 16.6. The van der Waals surface area contributed by atoms with Gasteiger partial charge in [-0.25, -0.2) is 0 Å². The molecule has 1 heterocycles. The highest BCUT2D eigenvalue weighted by molar-refractivity contribution is 6.51. The van der Waals surface area contributed by atoms with E-state index >= 15 is 0 Å². The highest BCUT2D eigenvalue weighted by atomic mass is 16.5. The lowest BCUT2D eigenvalue weighted by Gasteiger charge is -2.27. The van der Waals surface area contributed by atoms with E-state index in [9.17, 15) is 19.8 Å². The number of amides is 1. The van der Waals surface area contributed by atoms with Gasteiger partial charge in [0.05, 0.1) is 25.8 Å². The van der Waals surface area contributed by atoms with Crippen molar-refractivity contribution in [3.05, 3.63) is 83.4 Å². The first kappa shape index (κ1) is 25.6. The number of carbonyl (C=O) groups excluding carboxylic acids is 2. The Kier molecular flexibility index (Phi) is 7.38. The van der Waals surface area contributed by atoms with Crippen molar-refractivity contribution < 1.29 is 29.3 Å². The van der Waals surface area contributed by atoms with Gasteiger partial charge in [0.2, 0.25) is 0 Å². The highest BCUT2D eigenvalue weighted by Crippen LogP contribution is 2.43. The SMILES string of the molecule is CCN(CC)c1ccc(N2C(=O)C(=O)/C(=C(\O)c3ccc(OC)c(OC)c3)C2c2cccc(O)c2)cc1. The second-order valence-electron chi connectivity index (χ2n) is 8.52. The molecule has 1 aliphatic rings. The van der Waals surface area contributed by atoms with Crippen LogP contribution in [0.2, 0.25) is 0 Å². The smallest absolute Gasteiger partial charge is 0.300 e. The van der Waals surface area contributed by atoms with Crippen molar-refractivity contribution in [3.8, 4) is 17.2 Å². The number of ketones is 1. The molecular weight excluding hydrogens is 472 g/mol. The summed E-state index contributed by atoms with van der Waals surface area (Å²) in [4.78, 5) is 30.3. The molecule has 3 aromatic rings. The van der Waals surface area contributed by atoms with E-state index in [1.807, 2.05) is 12.1 Å². The quantitative estimate of drug-likeness (QED) is 0.257. The zero-order chi connectivity index (χ0) is 26.7. The van der Waals surface area contributed by atoms with Crippen molar-refractivity contribution in [2.75, 3.05) is 37.1 Å². The van der Waals surface area contributed by atoms with Crippen molar-refractivity contribution in [2.45, 2.75) is 19.9 Å². The lowest BCUT2D eigenvalue weighted by molar-refractivity contribution is -0.132. The van der Waals surface area contributed by atoms with Crippen LogP contribution in [0.3, 0.4) is 0 Å². The molecule has 0 radical (unpaired) electrons. The molecule has 0 aromatic heterocycles. The third-order valence-electron chi connectivity index (χ3n) is 6.54. The minimum Gasteiger partial charge on any atom is -0.508 e. The molecule has 1 atom stereocenters. The number of Topliss-reactive ketones (excluding diaryl/α,β-unsaturated/α-hetero) is 1. The summed E-state index contributed by atoms with van der Waals surface area (Å²) in [6.45, 7) is 5.78. The van der Waals surface area contributed by atoms with Gasteiger partial charge in [-0.3, -0.25) is 14.5 Å². The van der Waals surface area contributed by atoms with Gasteiger partial charge in [-0.1, -0.05) is 12.1 Å². The van der Waals surface area contributed by atoms with Gasteiger partial charge in [0, 0.05) is 30.0 Å². The molecule has 0 aliphatic carbocycles. The Bertz CT molecular complexity index is 1340. The number of phenolic OH excluding ortho intramolecular Hbond substituents is 1. The minimum atomic E-state index is -0.959. The maximum atomic E-state index is 13.4. The van der Waals surface area contributed by atoms with E-state index in [4.69, 9.17) is 9.47 Å². The zero-order valence-electron chi connectivity index (χ0n) is 21.3. The van der Waals surface area contributed by atoms with E-state index in [1.165, 1.54) is 31.3 Å². The average Bonchev–Trinajstić information content (AvgIpc) is 3.19. The Balaban J connectivity index is 1.89. The van der Waals surface area contributed by atoms with Gasteiger partial charge in [0.1, 0.15) is 11.5 Å². The third kappa shape index (κ3) is 4.70. The molecule has 1 fully saturated rings. The van der Waals surface area contributed by atoms with E-state index in [0.717, 1.165) is 18.8 Å². The number of nitrogens with zero attached hydrogens (tertiary/aromatic N) is 2. The molecule has 1 amide bonds. The maximum absolute atomic E-state index is 13.4. The van der Waals surface area contributed by atoms with Crippen LogP contribution < -0.4 is 19.3 Å². The van der Waals surface area contributed by atoms with E-state index in [2.05, 4.69) is 18.7 Å². The number of rotatable bonds is 8. The Morgan fingerprint density at radius 3 is 2.19 bits per heavy atom. The molecule has 1 unspecified atom stereocenters. The molecule has 0 bridgehead atoms. The number of aromatic hydroxyl groups is 1. The van der Waals surface area contributed by atoms with E-state index in [-0.39, 0.29) is 22.6 Å². The summed E-state index contributed by atoms with van der Waals surface area (Å²) >= 11 is 0. The lowest BCUT2D eigenvalue weighted by Crippen LogP contribution is -2.29. The number of aliphatic hydroxyl groups excluding tert-OH is 1. The molecule has 3 aromatic carbocycles. The predicted octanol–water partition coefficient (Wildman–Crippen LogP) is 4.88. The number of phenols is 1. The van der Waals surface area contributed by atoms with Gasteiger partial charge in [-0.05, 0) is 74.0 Å². The van der Waals surface area contributed by atoms with Crippen molar-refractivity contribution in [1.82, 2.24) is 0 Å². The zero-order valence-corrected chi connectivity index (χ0v) is 21.3. The average molecular weight is 503 g/mol. The van der Waals surface area contributed by atoms with Crippen LogP contribution in [-0.2, 0) is 9.59 Å². The van der Waals surface area contributed by atoms with E-state index in [0.29, 0.717) is 22.7 Å². The van der Waals surface area contributed by atoms with Crippen LogP contribution >= 0.6 is 0 Å². The number of methoxy groups -OCH3 is 2. The van der Waals surface area contributed by atoms with Crippen LogP contribution in [0, 0.1) is 0 Å². The molecular formula is C29H30N2O6. The summed E-state index contributed by atoms with van der Waals surface area (Å²) in [6.07, 6.45) is 0. The van der Waals surface area contributed by atoms with E-state index in [1.54, 1.807) is 42.5 Å². The summed E-state index contributed by atoms with van der Waals surface area (Å²) in [5.41, 5.74) is 2.17. The fraction of sp³-hybridized carbons (Fsp3) is 0.241.